The molecular formula is C24H21BrClFN4O3. The standard InChI is InChI=1S/C24H21BrClFN4O3/c25-7-1-2-23(32)31-19-10-15-18(11-21(19)34-22-9-14-4-6-20(22)33-14)28-12-29-24(15)30-13-3-5-17(27)16(26)8-13/h1-3,5,8,10-12,14,20,22H,4,6-7,9H2,(H,31,32)(H,28,29,30). The maximum atomic E-state index is 13.6. The lowest BCUT2D eigenvalue weighted by molar-refractivity contribution is -0.111. The molecule has 1 amide bonds. The van der Waals surface area contributed by atoms with Crippen LogP contribution in [0.25, 0.3) is 10.9 Å². The summed E-state index contributed by atoms with van der Waals surface area (Å²) < 4.78 is 25.8. The molecule has 2 aromatic carbocycles. The molecule has 10 heteroatoms. The summed E-state index contributed by atoms with van der Waals surface area (Å²) in [7, 11) is 0. The van der Waals surface area contributed by atoms with E-state index in [-0.39, 0.29) is 29.2 Å². The van der Waals surface area contributed by atoms with E-state index in [0.717, 1.165) is 19.3 Å². The van der Waals surface area contributed by atoms with E-state index in [2.05, 4.69) is 36.5 Å². The van der Waals surface area contributed by atoms with Gasteiger partial charge in [-0.15, -0.1) is 0 Å². The zero-order valence-corrected chi connectivity index (χ0v) is 20.3. The van der Waals surface area contributed by atoms with E-state index < -0.39 is 5.82 Å². The minimum absolute atomic E-state index is 0.00124. The normalized spacial score (nSPS) is 21.3. The summed E-state index contributed by atoms with van der Waals surface area (Å²) in [6, 6.07) is 7.88. The summed E-state index contributed by atoms with van der Waals surface area (Å²) in [5, 5.41) is 7.26. The van der Waals surface area contributed by atoms with Gasteiger partial charge in [-0.3, -0.25) is 4.79 Å². The largest absolute Gasteiger partial charge is 0.485 e. The van der Waals surface area contributed by atoms with Crippen LogP contribution in [0.5, 0.6) is 5.75 Å². The molecular weight excluding hydrogens is 527 g/mol. The van der Waals surface area contributed by atoms with E-state index in [1.807, 2.05) is 0 Å². The molecule has 7 nitrogen and oxygen atoms in total. The molecule has 2 fully saturated rings. The average Bonchev–Trinajstić information content (AvgIpc) is 3.44. The van der Waals surface area contributed by atoms with Gasteiger partial charge >= 0.3 is 0 Å². The Kier molecular flexibility index (Phi) is 6.67. The molecule has 2 aliphatic rings. The molecule has 3 atom stereocenters. The highest BCUT2D eigenvalue weighted by Crippen LogP contribution is 2.40. The van der Waals surface area contributed by atoms with Gasteiger partial charge in [0, 0.05) is 35.0 Å². The highest BCUT2D eigenvalue weighted by molar-refractivity contribution is 9.09. The Morgan fingerprint density at radius 1 is 1.29 bits per heavy atom. The fourth-order valence-electron chi connectivity index (χ4n) is 4.29. The number of rotatable bonds is 7. The van der Waals surface area contributed by atoms with Crippen LogP contribution in [0.1, 0.15) is 19.3 Å². The number of carbonyl (C=O) groups excluding carboxylic acids is 1. The molecule has 34 heavy (non-hydrogen) atoms. The van der Waals surface area contributed by atoms with Crippen LogP contribution in [0.2, 0.25) is 5.02 Å². The van der Waals surface area contributed by atoms with Gasteiger partial charge in [0.1, 0.15) is 29.8 Å². The Bertz CT molecular complexity index is 1270. The van der Waals surface area contributed by atoms with E-state index >= 15 is 0 Å². The minimum atomic E-state index is -0.507. The molecule has 0 aliphatic carbocycles. The third kappa shape index (κ3) is 4.87. The number of hydrogen-bond acceptors (Lipinski definition) is 6. The number of halogens is 3. The summed E-state index contributed by atoms with van der Waals surface area (Å²) >= 11 is 9.19. The number of alkyl halides is 1. The predicted octanol–water partition coefficient (Wildman–Crippen LogP) is 5.75. The van der Waals surface area contributed by atoms with Crippen molar-refractivity contribution in [2.24, 2.45) is 0 Å². The zero-order valence-electron chi connectivity index (χ0n) is 17.9. The fraction of sp³-hybridized carbons (Fsp3) is 0.292. The quantitative estimate of drug-likeness (QED) is 0.289. The van der Waals surface area contributed by atoms with Crippen LogP contribution in [0.4, 0.5) is 21.6 Å². The fourth-order valence-corrected chi connectivity index (χ4v) is 4.66. The van der Waals surface area contributed by atoms with Gasteiger partial charge in [0.05, 0.1) is 28.4 Å². The van der Waals surface area contributed by atoms with E-state index in [9.17, 15) is 9.18 Å². The van der Waals surface area contributed by atoms with Gasteiger partial charge in [0.15, 0.2) is 0 Å². The number of allylic oxidation sites excluding steroid dienone is 1. The second-order valence-corrected chi connectivity index (χ2v) is 9.21. The third-order valence-corrected chi connectivity index (χ3v) is 6.53. The van der Waals surface area contributed by atoms with E-state index in [0.29, 0.717) is 39.2 Å². The van der Waals surface area contributed by atoms with Gasteiger partial charge in [0.2, 0.25) is 5.91 Å². The van der Waals surface area contributed by atoms with Crippen molar-refractivity contribution in [3.8, 4) is 5.75 Å². The van der Waals surface area contributed by atoms with Gasteiger partial charge < -0.3 is 20.1 Å². The van der Waals surface area contributed by atoms with Crippen LogP contribution < -0.4 is 15.4 Å². The van der Waals surface area contributed by atoms with Crippen LogP contribution >= 0.6 is 27.5 Å². The summed E-state index contributed by atoms with van der Waals surface area (Å²) in [5.74, 6) is 0.204. The van der Waals surface area contributed by atoms with Crippen molar-refractivity contribution in [3.05, 3.63) is 59.7 Å². The molecule has 1 aromatic heterocycles. The van der Waals surface area contributed by atoms with E-state index in [4.69, 9.17) is 21.1 Å². The zero-order chi connectivity index (χ0) is 23.7. The molecule has 3 unspecified atom stereocenters. The maximum absolute atomic E-state index is 13.6. The molecule has 0 saturated carbocycles. The van der Waals surface area contributed by atoms with Gasteiger partial charge in [0.25, 0.3) is 0 Å². The van der Waals surface area contributed by atoms with E-state index in [1.165, 1.54) is 24.5 Å². The highest BCUT2D eigenvalue weighted by Gasteiger charge is 2.42. The van der Waals surface area contributed by atoms with Crippen molar-refractivity contribution in [1.29, 1.82) is 0 Å². The van der Waals surface area contributed by atoms with Crippen molar-refractivity contribution < 1.29 is 18.7 Å². The topological polar surface area (TPSA) is 85.4 Å². The molecule has 3 aromatic rings. The predicted molar refractivity (Wildman–Crippen MR) is 133 cm³/mol. The molecule has 2 saturated heterocycles. The van der Waals surface area contributed by atoms with Crippen LogP contribution in [0.3, 0.4) is 0 Å². The van der Waals surface area contributed by atoms with Crippen molar-refractivity contribution >= 4 is 61.5 Å². The lowest BCUT2D eigenvalue weighted by Crippen LogP contribution is -2.28. The van der Waals surface area contributed by atoms with Crippen LogP contribution in [0, 0.1) is 5.82 Å². The number of benzene rings is 2. The molecule has 2 N–H and O–H groups in total. The van der Waals surface area contributed by atoms with Crippen molar-refractivity contribution in [2.75, 3.05) is 16.0 Å². The first-order chi connectivity index (χ1) is 16.5. The number of ether oxygens (including phenoxy) is 2. The first-order valence-electron chi connectivity index (χ1n) is 10.9. The molecule has 3 heterocycles. The average molecular weight is 548 g/mol. The number of nitrogens with one attached hydrogen (secondary N) is 2. The number of nitrogens with zero attached hydrogens (tertiary/aromatic N) is 2. The van der Waals surface area contributed by atoms with Crippen molar-refractivity contribution in [3.63, 3.8) is 0 Å². The summed E-state index contributed by atoms with van der Waals surface area (Å²) in [4.78, 5) is 21.2. The number of fused-ring (bicyclic) bond motifs is 3. The Hall–Kier alpha value is -2.75. The Morgan fingerprint density at radius 2 is 2.18 bits per heavy atom. The second-order valence-electron chi connectivity index (χ2n) is 8.15. The molecule has 0 radical (unpaired) electrons. The number of hydrogen-bond donors (Lipinski definition) is 2. The van der Waals surface area contributed by atoms with Crippen molar-refractivity contribution in [1.82, 2.24) is 9.97 Å². The van der Waals surface area contributed by atoms with Gasteiger partial charge in [-0.05, 0) is 37.1 Å². The second kappa shape index (κ2) is 9.85. The number of aromatic nitrogens is 2. The van der Waals surface area contributed by atoms with Crippen molar-refractivity contribution in [2.45, 2.75) is 37.6 Å². The Labute approximate surface area is 208 Å². The molecule has 2 bridgehead atoms. The number of anilines is 3. The van der Waals surface area contributed by atoms with Crippen LogP contribution in [-0.2, 0) is 9.53 Å². The molecule has 2 aliphatic heterocycles. The van der Waals surface area contributed by atoms with Gasteiger partial charge in [-0.25, -0.2) is 14.4 Å². The lowest BCUT2D eigenvalue weighted by atomic mass is 9.98. The smallest absolute Gasteiger partial charge is 0.248 e. The third-order valence-electron chi connectivity index (χ3n) is 5.86. The van der Waals surface area contributed by atoms with Gasteiger partial charge in [-0.2, -0.15) is 0 Å². The molecule has 0 spiro atoms. The SMILES string of the molecule is O=C(C=CCBr)Nc1cc2c(Nc3ccc(F)c(Cl)c3)ncnc2cc1OC1CC2CCC1O2. The monoisotopic (exact) mass is 546 g/mol. The van der Waals surface area contributed by atoms with E-state index in [1.54, 1.807) is 24.3 Å². The number of amides is 1. The lowest BCUT2D eigenvalue weighted by Gasteiger charge is -2.22. The first kappa shape index (κ1) is 23.0. The van der Waals surface area contributed by atoms with Gasteiger partial charge in [-0.1, -0.05) is 33.6 Å². The molecule has 5 rings (SSSR count). The first-order valence-corrected chi connectivity index (χ1v) is 12.4. The van der Waals surface area contributed by atoms with Crippen LogP contribution in [-0.4, -0.2) is 39.5 Å². The number of carbonyl (C=O) groups is 1. The highest BCUT2D eigenvalue weighted by atomic mass is 79.9. The minimum Gasteiger partial charge on any atom is -0.485 e. The summed E-state index contributed by atoms with van der Waals surface area (Å²) in [5.41, 5.74) is 1.69. The van der Waals surface area contributed by atoms with Crippen LogP contribution in [0.15, 0.2) is 48.8 Å². The summed E-state index contributed by atoms with van der Waals surface area (Å²) in [6.45, 7) is 0. The Morgan fingerprint density at radius 3 is 2.91 bits per heavy atom. The maximum Gasteiger partial charge on any atom is 0.248 e. The summed E-state index contributed by atoms with van der Waals surface area (Å²) in [6.07, 6.45) is 7.64. The molecule has 176 valence electrons. The Balaban J connectivity index is 1.51.